The van der Waals surface area contributed by atoms with Crippen molar-refractivity contribution < 1.29 is 13.2 Å². The topological polar surface area (TPSA) is 96.0 Å². The van der Waals surface area contributed by atoms with E-state index in [-0.39, 0.29) is 16.7 Å². The molecule has 7 nitrogen and oxygen atoms in total. The molecule has 2 aromatic heterocycles. The highest BCUT2D eigenvalue weighted by molar-refractivity contribution is 7.90. The summed E-state index contributed by atoms with van der Waals surface area (Å²) >= 11 is 0. The van der Waals surface area contributed by atoms with Crippen molar-refractivity contribution in [3.63, 3.8) is 0 Å². The number of carbonyl (C=O) groups excluding carboxylic acids is 1. The molecule has 8 heteroatoms. The number of sulfone groups is 1. The fraction of sp³-hybridized carbons (Fsp3) is 0.438. The van der Waals surface area contributed by atoms with Crippen molar-refractivity contribution in [1.82, 2.24) is 20.1 Å². The number of aromatic amines is 1. The van der Waals surface area contributed by atoms with Gasteiger partial charge in [-0.25, -0.2) is 8.42 Å². The number of aromatic nitrogens is 3. The first-order valence-corrected chi connectivity index (χ1v) is 9.76. The van der Waals surface area contributed by atoms with Crippen molar-refractivity contribution in [1.29, 1.82) is 0 Å². The van der Waals surface area contributed by atoms with Crippen LogP contribution in [0.3, 0.4) is 0 Å². The standard InChI is InChI=1S/C16H20N4O3S/c1-24(22,23)15-10-18-19-14(15)9-12-3-2-8-20(11-12)16(21)13-4-6-17-7-5-13/h4-7,10,12H,2-3,8-9,11H2,1H3,(H,18,19)/t12-/m1/s1. The summed E-state index contributed by atoms with van der Waals surface area (Å²) in [4.78, 5) is 18.6. The van der Waals surface area contributed by atoms with Gasteiger partial charge in [-0.05, 0) is 37.3 Å². The van der Waals surface area contributed by atoms with E-state index in [1.807, 2.05) is 4.90 Å². The summed E-state index contributed by atoms with van der Waals surface area (Å²) in [6.45, 7) is 1.34. The molecular weight excluding hydrogens is 328 g/mol. The lowest BCUT2D eigenvalue weighted by molar-refractivity contribution is 0.0672. The number of likely N-dealkylation sites (tertiary alicyclic amines) is 1. The van der Waals surface area contributed by atoms with E-state index >= 15 is 0 Å². The van der Waals surface area contributed by atoms with Crippen LogP contribution in [0.15, 0.2) is 35.6 Å². The monoisotopic (exact) mass is 348 g/mol. The zero-order valence-corrected chi connectivity index (χ0v) is 14.3. The van der Waals surface area contributed by atoms with Crippen LogP contribution in [0.2, 0.25) is 0 Å². The van der Waals surface area contributed by atoms with Gasteiger partial charge in [0, 0.05) is 37.3 Å². The molecule has 24 heavy (non-hydrogen) atoms. The Balaban J connectivity index is 1.71. The molecule has 3 rings (SSSR count). The van der Waals surface area contributed by atoms with Gasteiger partial charge in [-0.3, -0.25) is 14.9 Å². The van der Waals surface area contributed by atoms with E-state index in [1.165, 1.54) is 12.5 Å². The second-order valence-electron chi connectivity index (χ2n) is 6.18. The highest BCUT2D eigenvalue weighted by Gasteiger charge is 2.26. The number of hydrogen-bond donors (Lipinski definition) is 1. The molecule has 1 aliphatic rings. The molecule has 1 N–H and O–H groups in total. The highest BCUT2D eigenvalue weighted by atomic mass is 32.2. The smallest absolute Gasteiger partial charge is 0.253 e. The molecule has 1 amide bonds. The van der Waals surface area contributed by atoms with Gasteiger partial charge in [-0.1, -0.05) is 0 Å². The van der Waals surface area contributed by atoms with Gasteiger partial charge in [0.15, 0.2) is 9.84 Å². The van der Waals surface area contributed by atoms with E-state index in [1.54, 1.807) is 24.5 Å². The Kier molecular flexibility index (Phi) is 4.66. The summed E-state index contributed by atoms with van der Waals surface area (Å²) in [6, 6.07) is 3.42. The van der Waals surface area contributed by atoms with Crippen molar-refractivity contribution in [2.45, 2.75) is 24.2 Å². The second kappa shape index (κ2) is 6.72. The molecule has 0 spiro atoms. The van der Waals surface area contributed by atoms with Gasteiger partial charge < -0.3 is 4.90 Å². The third-order valence-electron chi connectivity index (χ3n) is 4.30. The van der Waals surface area contributed by atoms with Crippen LogP contribution in [0.1, 0.15) is 28.9 Å². The summed E-state index contributed by atoms with van der Waals surface area (Å²) in [5.74, 6) is 0.209. The van der Waals surface area contributed by atoms with Crippen molar-refractivity contribution in [3.8, 4) is 0 Å². The van der Waals surface area contributed by atoms with Crippen LogP contribution in [-0.4, -0.2) is 53.8 Å². The summed E-state index contributed by atoms with van der Waals surface area (Å²) in [6.07, 6.45) is 8.19. The van der Waals surface area contributed by atoms with E-state index in [0.717, 1.165) is 19.4 Å². The third-order valence-corrected chi connectivity index (χ3v) is 5.46. The Labute approximate surface area is 141 Å². The van der Waals surface area contributed by atoms with E-state index in [4.69, 9.17) is 0 Å². The van der Waals surface area contributed by atoms with Crippen molar-refractivity contribution in [3.05, 3.63) is 42.0 Å². The predicted molar refractivity (Wildman–Crippen MR) is 88.3 cm³/mol. The zero-order chi connectivity index (χ0) is 17.2. The van der Waals surface area contributed by atoms with Crippen molar-refractivity contribution >= 4 is 15.7 Å². The Hall–Kier alpha value is -2.22. The van der Waals surface area contributed by atoms with Crippen LogP contribution >= 0.6 is 0 Å². The number of nitrogens with zero attached hydrogens (tertiary/aromatic N) is 3. The van der Waals surface area contributed by atoms with Crippen LogP contribution in [0.5, 0.6) is 0 Å². The molecule has 0 saturated carbocycles. The number of carbonyl (C=O) groups is 1. The molecule has 1 atom stereocenters. The molecular formula is C16H20N4O3S. The van der Waals surface area contributed by atoms with Gasteiger partial charge in [0.05, 0.1) is 11.9 Å². The first-order valence-electron chi connectivity index (χ1n) is 7.87. The number of piperidine rings is 1. The van der Waals surface area contributed by atoms with Gasteiger partial charge >= 0.3 is 0 Å². The molecule has 0 unspecified atom stereocenters. The number of nitrogens with one attached hydrogen (secondary N) is 1. The maximum atomic E-state index is 12.6. The fourth-order valence-corrected chi connectivity index (χ4v) is 3.97. The van der Waals surface area contributed by atoms with Gasteiger partial charge in [0.2, 0.25) is 0 Å². The molecule has 0 aliphatic carbocycles. The third kappa shape index (κ3) is 3.64. The van der Waals surface area contributed by atoms with Crippen molar-refractivity contribution in [2.24, 2.45) is 5.92 Å². The normalized spacial score (nSPS) is 18.5. The number of amides is 1. The lowest BCUT2D eigenvalue weighted by Gasteiger charge is -2.32. The van der Waals surface area contributed by atoms with Crippen LogP contribution in [-0.2, 0) is 16.3 Å². The molecule has 2 aromatic rings. The molecule has 0 aromatic carbocycles. The average molecular weight is 348 g/mol. The van der Waals surface area contributed by atoms with Crippen molar-refractivity contribution in [2.75, 3.05) is 19.3 Å². The first-order chi connectivity index (χ1) is 11.4. The van der Waals surface area contributed by atoms with E-state index in [2.05, 4.69) is 15.2 Å². The van der Waals surface area contributed by atoms with E-state index in [9.17, 15) is 13.2 Å². The second-order valence-corrected chi connectivity index (χ2v) is 8.17. The van der Waals surface area contributed by atoms with E-state index in [0.29, 0.717) is 24.2 Å². The minimum atomic E-state index is -3.29. The largest absolute Gasteiger partial charge is 0.338 e. The van der Waals surface area contributed by atoms with Gasteiger partial charge in [-0.2, -0.15) is 5.10 Å². The van der Waals surface area contributed by atoms with Gasteiger partial charge in [0.25, 0.3) is 5.91 Å². The minimum Gasteiger partial charge on any atom is -0.338 e. The maximum Gasteiger partial charge on any atom is 0.253 e. The number of pyridine rings is 1. The summed E-state index contributed by atoms with van der Waals surface area (Å²) in [7, 11) is -3.29. The molecule has 1 fully saturated rings. The molecule has 0 bridgehead atoms. The number of hydrogen-bond acceptors (Lipinski definition) is 5. The van der Waals surface area contributed by atoms with Crippen LogP contribution in [0.4, 0.5) is 0 Å². The lowest BCUT2D eigenvalue weighted by atomic mass is 9.93. The number of H-pyrrole nitrogens is 1. The summed E-state index contributed by atoms with van der Waals surface area (Å²) < 4.78 is 23.6. The lowest BCUT2D eigenvalue weighted by Crippen LogP contribution is -2.40. The Bertz CT molecular complexity index is 817. The van der Waals surface area contributed by atoms with Gasteiger partial charge in [-0.15, -0.1) is 0 Å². The number of rotatable bonds is 4. The average Bonchev–Trinajstić information content (AvgIpc) is 3.04. The molecule has 1 aliphatic heterocycles. The van der Waals surface area contributed by atoms with Crippen LogP contribution in [0, 0.1) is 5.92 Å². The predicted octanol–water partition coefficient (Wildman–Crippen LogP) is 1.30. The molecule has 128 valence electrons. The summed E-state index contributed by atoms with van der Waals surface area (Å²) in [5.41, 5.74) is 1.25. The molecule has 1 saturated heterocycles. The van der Waals surface area contributed by atoms with E-state index < -0.39 is 9.84 Å². The minimum absolute atomic E-state index is 0.00459. The molecule has 0 radical (unpaired) electrons. The van der Waals surface area contributed by atoms with Crippen LogP contribution < -0.4 is 0 Å². The maximum absolute atomic E-state index is 12.6. The Morgan fingerprint density at radius 2 is 2.12 bits per heavy atom. The Morgan fingerprint density at radius 3 is 2.83 bits per heavy atom. The fourth-order valence-electron chi connectivity index (χ4n) is 3.15. The molecule has 3 heterocycles. The zero-order valence-electron chi connectivity index (χ0n) is 13.5. The van der Waals surface area contributed by atoms with Crippen LogP contribution in [0.25, 0.3) is 0 Å². The van der Waals surface area contributed by atoms with Gasteiger partial charge in [0.1, 0.15) is 4.90 Å². The SMILES string of the molecule is CS(=O)(=O)c1cn[nH]c1C[C@H]1CCCN(C(=O)c2ccncc2)C1. The first kappa shape index (κ1) is 16.6. The summed E-state index contributed by atoms with van der Waals surface area (Å²) in [5, 5.41) is 6.66. The highest BCUT2D eigenvalue weighted by Crippen LogP contribution is 2.24. The Morgan fingerprint density at radius 1 is 1.38 bits per heavy atom. The quantitative estimate of drug-likeness (QED) is 0.898.